The van der Waals surface area contributed by atoms with E-state index in [1.807, 2.05) is 13.8 Å². The Kier molecular flexibility index (Phi) is 1.87. The van der Waals surface area contributed by atoms with Crippen molar-refractivity contribution < 1.29 is 0 Å². The summed E-state index contributed by atoms with van der Waals surface area (Å²) in [5, 5.41) is 7.72. The number of rotatable bonds is 1. The molecule has 60 valence electrons. The van der Waals surface area contributed by atoms with Crippen LogP contribution in [-0.4, -0.2) is 15.2 Å². The molecule has 0 amide bonds. The van der Waals surface area contributed by atoms with Crippen LogP contribution in [0.5, 0.6) is 0 Å². The maximum Gasteiger partial charge on any atom is 0.147 e. The third kappa shape index (κ3) is 1.94. The van der Waals surface area contributed by atoms with Gasteiger partial charge in [-0.1, -0.05) is 0 Å². The minimum absolute atomic E-state index is 0.451. The Hall–Kier alpha value is -1.03. The lowest BCUT2D eigenvalue weighted by molar-refractivity contribution is 0.520. The summed E-state index contributed by atoms with van der Waals surface area (Å²) in [6, 6.07) is 0. The van der Waals surface area contributed by atoms with Crippen LogP contribution in [-0.2, 0) is 5.54 Å². The van der Waals surface area contributed by atoms with Crippen LogP contribution < -0.4 is 5.73 Å². The smallest absolute Gasteiger partial charge is 0.147 e. The molecule has 0 aromatic carbocycles. The zero-order valence-electron chi connectivity index (χ0n) is 7.00. The Labute approximate surface area is 65.9 Å². The standard InChI is InChI=1S/C7H12N4/c1-5-9-4-6(11-10-5)7(2,3)8/h4H,8H2,1-3H3. The molecule has 0 fully saturated rings. The highest BCUT2D eigenvalue weighted by Gasteiger charge is 2.16. The van der Waals surface area contributed by atoms with Crippen molar-refractivity contribution in [1.29, 1.82) is 0 Å². The minimum atomic E-state index is -0.451. The van der Waals surface area contributed by atoms with Crippen molar-refractivity contribution in [2.24, 2.45) is 5.73 Å². The molecular weight excluding hydrogens is 140 g/mol. The van der Waals surface area contributed by atoms with Crippen molar-refractivity contribution in [3.05, 3.63) is 17.7 Å². The van der Waals surface area contributed by atoms with Crippen molar-refractivity contribution in [3.8, 4) is 0 Å². The summed E-state index contributed by atoms with van der Waals surface area (Å²) >= 11 is 0. The van der Waals surface area contributed by atoms with Crippen LogP contribution in [0.3, 0.4) is 0 Å². The Balaban J connectivity index is 2.99. The number of hydrogen-bond acceptors (Lipinski definition) is 4. The topological polar surface area (TPSA) is 64.7 Å². The second kappa shape index (κ2) is 2.54. The number of hydrogen-bond donors (Lipinski definition) is 1. The highest BCUT2D eigenvalue weighted by atomic mass is 15.2. The zero-order chi connectivity index (χ0) is 8.48. The van der Waals surface area contributed by atoms with E-state index in [0.717, 1.165) is 0 Å². The molecule has 0 saturated carbocycles. The average Bonchev–Trinajstić information content (AvgIpc) is 1.86. The Morgan fingerprint density at radius 1 is 1.36 bits per heavy atom. The largest absolute Gasteiger partial charge is 0.320 e. The maximum absolute atomic E-state index is 5.76. The maximum atomic E-state index is 5.76. The minimum Gasteiger partial charge on any atom is -0.320 e. The van der Waals surface area contributed by atoms with Gasteiger partial charge in [0.05, 0.1) is 11.7 Å². The van der Waals surface area contributed by atoms with Crippen LogP contribution in [0.25, 0.3) is 0 Å². The molecular formula is C7H12N4. The van der Waals surface area contributed by atoms with E-state index in [1.165, 1.54) is 0 Å². The SMILES string of the molecule is Cc1ncc(C(C)(C)N)nn1. The molecule has 0 bridgehead atoms. The van der Waals surface area contributed by atoms with Gasteiger partial charge in [0.1, 0.15) is 11.5 Å². The van der Waals surface area contributed by atoms with Crippen molar-refractivity contribution >= 4 is 0 Å². The molecule has 1 aromatic rings. The molecule has 0 aliphatic rings. The number of nitrogens with two attached hydrogens (primary N) is 1. The molecule has 1 heterocycles. The molecule has 0 spiro atoms. The van der Waals surface area contributed by atoms with E-state index in [1.54, 1.807) is 13.1 Å². The predicted molar refractivity (Wildman–Crippen MR) is 41.8 cm³/mol. The first-order valence-corrected chi connectivity index (χ1v) is 3.46. The van der Waals surface area contributed by atoms with Crippen molar-refractivity contribution in [2.75, 3.05) is 0 Å². The first-order chi connectivity index (χ1) is 5.00. The van der Waals surface area contributed by atoms with Gasteiger partial charge in [0.25, 0.3) is 0 Å². The molecule has 0 aliphatic heterocycles. The lowest BCUT2D eigenvalue weighted by Crippen LogP contribution is -2.30. The second-order valence-corrected chi connectivity index (χ2v) is 3.11. The third-order valence-electron chi connectivity index (χ3n) is 1.34. The normalized spacial score (nSPS) is 11.6. The van der Waals surface area contributed by atoms with Crippen molar-refractivity contribution in [2.45, 2.75) is 26.3 Å². The highest BCUT2D eigenvalue weighted by molar-refractivity contribution is 5.05. The van der Waals surface area contributed by atoms with E-state index in [4.69, 9.17) is 5.73 Å². The first kappa shape index (κ1) is 8.07. The van der Waals surface area contributed by atoms with E-state index in [2.05, 4.69) is 15.2 Å². The molecule has 11 heavy (non-hydrogen) atoms. The molecule has 2 N–H and O–H groups in total. The number of aromatic nitrogens is 3. The van der Waals surface area contributed by atoms with Crippen LogP contribution in [0.2, 0.25) is 0 Å². The summed E-state index contributed by atoms with van der Waals surface area (Å²) in [7, 11) is 0. The number of nitrogens with zero attached hydrogens (tertiary/aromatic N) is 3. The van der Waals surface area contributed by atoms with Crippen LogP contribution >= 0.6 is 0 Å². The Bertz CT molecular complexity index is 234. The summed E-state index contributed by atoms with van der Waals surface area (Å²) in [6.07, 6.45) is 1.66. The van der Waals surface area contributed by atoms with Gasteiger partial charge in [-0.2, -0.15) is 5.10 Å². The van der Waals surface area contributed by atoms with Gasteiger partial charge in [-0.05, 0) is 20.8 Å². The van der Waals surface area contributed by atoms with E-state index in [9.17, 15) is 0 Å². The van der Waals surface area contributed by atoms with Crippen LogP contribution in [0.1, 0.15) is 25.4 Å². The van der Waals surface area contributed by atoms with E-state index in [-0.39, 0.29) is 0 Å². The van der Waals surface area contributed by atoms with Gasteiger partial charge in [-0.3, -0.25) is 0 Å². The van der Waals surface area contributed by atoms with Gasteiger partial charge in [0.15, 0.2) is 0 Å². The zero-order valence-corrected chi connectivity index (χ0v) is 7.00. The van der Waals surface area contributed by atoms with Gasteiger partial charge in [0, 0.05) is 0 Å². The third-order valence-corrected chi connectivity index (χ3v) is 1.34. The van der Waals surface area contributed by atoms with Gasteiger partial charge >= 0.3 is 0 Å². The van der Waals surface area contributed by atoms with Crippen LogP contribution in [0, 0.1) is 6.92 Å². The molecule has 1 aromatic heterocycles. The molecule has 4 nitrogen and oxygen atoms in total. The van der Waals surface area contributed by atoms with Gasteiger partial charge in [0.2, 0.25) is 0 Å². The van der Waals surface area contributed by atoms with Gasteiger partial charge < -0.3 is 5.73 Å². The van der Waals surface area contributed by atoms with Crippen molar-refractivity contribution in [1.82, 2.24) is 15.2 Å². The van der Waals surface area contributed by atoms with E-state index < -0.39 is 5.54 Å². The van der Waals surface area contributed by atoms with E-state index >= 15 is 0 Å². The monoisotopic (exact) mass is 152 g/mol. The van der Waals surface area contributed by atoms with Crippen LogP contribution in [0.15, 0.2) is 6.20 Å². The summed E-state index contributed by atoms with van der Waals surface area (Å²) in [4.78, 5) is 3.99. The molecule has 0 saturated heterocycles. The van der Waals surface area contributed by atoms with Gasteiger partial charge in [-0.25, -0.2) is 4.98 Å². The van der Waals surface area contributed by atoms with Crippen LogP contribution in [0.4, 0.5) is 0 Å². The molecule has 0 radical (unpaired) electrons. The van der Waals surface area contributed by atoms with Crippen molar-refractivity contribution in [3.63, 3.8) is 0 Å². The summed E-state index contributed by atoms with van der Waals surface area (Å²) in [5.74, 6) is 0.665. The fourth-order valence-electron chi connectivity index (χ4n) is 0.628. The molecule has 0 aliphatic carbocycles. The molecule has 1 rings (SSSR count). The molecule has 0 unspecified atom stereocenters. The fourth-order valence-corrected chi connectivity index (χ4v) is 0.628. The van der Waals surface area contributed by atoms with Gasteiger partial charge in [-0.15, -0.1) is 5.10 Å². The lowest BCUT2D eigenvalue weighted by atomic mass is 10.0. The molecule has 4 heteroatoms. The predicted octanol–water partition coefficient (Wildman–Crippen LogP) is 0.374. The molecule has 0 atom stereocenters. The Morgan fingerprint density at radius 2 is 2.00 bits per heavy atom. The first-order valence-electron chi connectivity index (χ1n) is 3.46. The summed E-state index contributed by atoms with van der Waals surface area (Å²) in [5.41, 5.74) is 6.02. The summed E-state index contributed by atoms with van der Waals surface area (Å²) in [6.45, 7) is 5.53. The lowest BCUT2D eigenvalue weighted by Gasteiger charge is -2.15. The second-order valence-electron chi connectivity index (χ2n) is 3.11. The fraction of sp³-hybridized carbons (Fsp3) is 0.571. The number of aryl methyl sites for hydroxylation is 1. The summed E-state index contributed by atoms with van der Waals surface area (Å²) < 4.78 is 0. The highest BCUT2D eigenvalue weighted by Crippen LogP contribution is 2.10. The van der Waals surface area contributed by atoms with E-state index in [0.29, 0.717) is 11.5 Å². The average molecular weight is 152 g/mol. The quantitative estimate of drug-likeness (QED) is 0.631. The Morgan fingerprint density at radius 3 is 2.36 bits per heavy atom.